The van der Waals surface area contributed by atoms with Crippen LogP contribution in [-0.2, 0) is 12.4 Å². The number of hydrogen-bond acceptors (Lipinski definition) is 3. The number of nitrogens with zero attached hydrogens (tertiary/aromatic N) is 3. The number of aromatic nitrogens is 2. The largest absolute Gasteiger partial charge is 0.349 e. The Hall–Kier alpha value is -1.68. The highest BCUT2D eigenvalue weighted by atomic mass is 35.5. The maximum atomic E-state index is 14.3. The standard InChI is InChI=1S/C15H17ClFN3/c1-3-20(10-13-6-4-5-11(2)19-13)15-14(17)12(9-16)7-8-18-15/h4-8H,3,9-10H2,1-2H3. The van der Waals surface area contributed by atoms with E-state index >= 15 is 0 Å². The maximum absolute atomic E-state index is 14.3. The van der Waals surface area contributed by atoms with Gasteiger partial charge in [0, 0.05) is 24.0 Å². The van der Waals surface area contributed by atoms with Crippen molar-refractivity contribution >= 4 is 17.4 Å². The van der Waals surface area contributed by atoms with Crippen LogP contribution in [0.25, 0.3) is 0 Å². The van der Waals surface area contributed by atoms with Gasteiger partial charge in [0.15, 0.2) is 11.6 Å². The number of aryl methyl sites for hydroxylation is 1. The van der Waals surface area contributed by atoms with Crippen LogP contribution in [-0.4, -0.2) is 16.5 Å². The van der Waals surface area contributed by atoms with E-state index < -0.39 is 0 Å². The highest BCUT2D eigenvalue weighted by Crippen LogP contribution is 2.22. The Morgan fingerprint density at radius 2 is 2.10 bits per heavy atom. The number of pyridine rings is 2. The van der Waals surface area contributed by atoms with E-state index in [1.165, 1.54) is 0 Å². The molecule has 5 heteroatoms. The number of halogens is 2. The first kappa shape index (κ1) is 14.7. The minimum atomic E-state index is -0.350. The molecule has 0 aliphatic heterocycles. The lowest BCUT2D eigenvalue weighted by Crippen LogP contribution is -2.25. The molecule has 0 unspecified atom stereocenters. The van der Waals surface area contributed by atoms with Crippen LogP contribution in [0.2, 0.25) is 0 Å². The lowest BCUT2D eigenvalue weighted by atomic mass is 10.2. The first-order valence-electron chi connectivity index (χ1n) is 6.52. The molecule has 0 atom stereocenters. The fourth-order valence-corrected chi connectivity index (χ4v) is 2.22. The number of rotatable bonds is 5. The van der Waals surface area contributed by atoms with Gasteiger partial charge in [-0.15, -0.1) is 11.6 Å². The molecule has 2 aromatic rings. The lowest BCUT2D eigenvalue weighted by molar-refractivity contribution is 0.598. The summed E-state index contributed by atoms with van der Waals surface area (Å²) in [6, 6.07) is 7.42. The molecule has 0 N–H and O–H groups in total. The van der Waals surface area contributed by atoms with Gasteiger partial charge in [0.05, 0.1) is 18.1 Å². The molecular formula is C15H17ClFN3. The van der Waals surface area contributed by atoms with E-state index in [9.17, 15) is 4.39 Å². The maximum Gasteiger partial charge on any atom is 0.170 e. The molecule has 3 nitrogen and oxygen atoms in total. The lowest BCUT2D eigenvalue weighted by Gasteiger charge is -2.22. The summed E-state index contributed by atoms with van der Waals surface area (Å²) in [5.74, 6) is 0.118. The van der Waals surface area contributed by atoms with Gasteiger partial charge in [-0.1, -0.05) is 6.07 Å². The van der Waals surface area contributed by atoms with Crippen LogP contribution in [0.1, 0.15) is 23.9 Å². The summed E-state index contributed by atoms with van der Waals surface area (Å²) >= 11 is 5.73. The van der Waals surface area contributed by atoms with Crippen molar-refractivity contribution < 1.29 is 4.39 Å². The minimum Gasteiger partial charge on any atom is -0.349 e. The SMILES string of the molecule is CCN(Cc1cccc(C)n1)c1nccc(CCl)c1F. The molecule has 2 heterocycles. The zero-order valence-electron chi connectivity index (χ0n) is 11.6. The number of alkyl halides is 1. The fraction of sp³-hybridized carbons (Fsp3) is 0.333. The van der Waals surface area contributed by atoms with Crippen molar-refractivity contribution in [2.45, 2.75) is 26.3 Å². The Balaban J connectivity index is 2.29. The normalized spacial score (nSPS) is 10.6. The molecule has 2 aromatic heterocycles. The van der Waals surface area contributed by atoms with Crippen molar-refractivity contribution in [3.63, 3.8) is 0 Å². The van der Waals surface area contributed by atoms with Crippen LogP contribution in [0, 0.1) is 12.7 Å². The Morgan fingerprint density at radius 3 is 2.75 bits per heavy atom. The van der Waals surface area contributed by atoms with Crippen molar-refractivity contribution in [2.24, 2.45) is 0 Å². The van der Waals surface area contributed by atoms with E-state index in [-0.39, 0.29) is 11.7 Å². The third-order valence-corrected chi connectivity index (χ3v) is 3.36. The summed E-state index contributed by atoms with van der Waals surface area (Å²) in [5.41, 5.74) is 2.30. The predicted octanol–water partition coefficient (Wildman–Crippen LogP) is 3.69. The zero-order chi connectivity index (χ0) is 14.5. The van der Waals surface area contributed by atoms with Crippen LogP contribution in [0.4, 0.5) is 10.2 Å². The van der Waals surface area contributed by atoms with Crippen LogP contribution < -0.4 is 4.90 Å². The summed E-state index contributed by atoms with van der Waals surface area (Å²) in [5, 5.41) is 0. The van der Waals surface area contributed by atoms with Crippen molar-refractivity contribution in [3.05, 3.63) is 53.2 Å². The Kier molecular flexibility index (Phi) is 4.90. The summed E-state index contributed by atoms with van der Waals surface area (Å²) < 4.78 is 14.3. The van der Waals surface area contributed by atoms with Gasteiger partial charge in [-0.25, -0.2) is 9.37 Å². The highest BCUT2D eigenvalue weighted by Gasteiger charge is 2.15. The first-order chi connectivity index (χ1) is 9.65. The summed E-state index contributed by atoms with van der Waals surface area (Å²) in [4.78, 5) is 10.4. The molecule has 0 aliphatic rings. The molecule has 2 rings (SSSR count). The van der Waals surface area contributed by atoms with E-state index in [1.807, 2.05) is 36.9 Å². The zero-order valence-corrected chi connectivity index (χ0v) is 12.4. The van der Waals surface area contributed by atoms with Crippen LogP contribution in [0.5, 0.6) is 0 Å². The average Bonchev–Trinajstić information content (AvgIpc) is 2.45. The van der Waals surface area contributed by atoms with Crippen molar-refractivity contribution in [3.8, 4) is 0 Å². The van der Waals surface area contributed by atoms with Crippen molar-refractivity contribution in [1.82, 2.24) is 9.97 Å². The number of anilines is 1. The molecule has 0 saturated carbocycles. The predicted molar refractivity (Wildman–Crippen MR) is 79.5 cm³/mol. The molecule has 0 aromatic carbocycles. The van der Waals surface area contributed by atoms with Gasteiger partial charge < -0.3 is 4.90 Å². The van der Waals surface area contributed by atoms with Gasteiger partial charge in [-0.3, -0.25) is 4.98 Å². The summed E-state index contributed by atoms with van der Waals surface area (Å²) in [6.07, 6.45) is 1.59. The van der Waals surface area contributed by atoms with Crippen LogP contribution in [0.15, 0.2) is 30.5 Å². The van der Waals surface area contributed by atoms with Crippen LogP contribution >= 0.6 is 11.6 Å². The fourth-order valence-electron chi connectivity index (χ4n) is 2.01. The van der Waals surface area contributed by atoms with Gasteiger partial charge in [-0.2, -0.15) is 0 Å². The molecule has 0 spiro atoms. The second-order valence-electron chi connectivity index (χ2n) is 4.53. The molecule has 0 radical (unpaired) electrons. The molecular weight excluding hydrogens is 277 g/mol. The van der Waals surface area contributed by atoms with Gasteiger partial charge in [0.25, 0.3) is 0 Å². The highest BCUT2D eigenvalue weighted by molar-refractivity contribution is 6.17. The molecule has 0 bridgehead atoms. The van der Waals surface area contributed by atoms with E-state index in [0.717, 1.165) is 11.4 Å². The molecule has 106 valence electrons. The van der Waals surface area contributed by atoms with Crippen molar-refractivity contribution in [1.29, 1.82) is 0 Å². The summed E-state index contributed by atoms with van der Waals surface area (Å²) in [6.45, 7) is 5.07. The van der Waals surface area contributed by atoms with E-state index in [1.54, 1.807) is 12.3 Å². The second-order valence-corrected chi connectivity index (χ2v) is 4.79. The molecule has 20 heavy (non-hydrogen) atoms. The van der Waals surface area contributed by atoms with Gasteiger partial charge in [0.1, 0.15) is 0 Å². The first-order valence-corrected chi connectivity index (χ1v) is 7.06. The Labute approximate surface area is 123 Å². The number of hydrogen-bond donors (Lipinski definition) is 0. The monoisotopic (exact) mass is 293 g/mol. The minimum absolute atomic E-state index is 0.140. The Bertz CT molecular complexity index is 589. The smallest absolute Gasteiger partial charge is 0.170 e. The van der Waals surface area contributed by atoms with Gasteiger partial charge in [0.2, 0.25) is 0 Å². The van der Waals surface area contributed by atoms with E-state index in [2.05, 4.69) is 9.97 Å². The topological polar surface area (TPSA) is 29.0 Å². The molecule has 0 aliphatic carbocycles. The molecule has 0 amide bonds. The average molecular weight is 294 g/mol. The van der Waals surface area contributed by atoms with Crippen molar-refractivity contribution in [2.75, 3.05) is 11.4 Å². The molecule has 0 saturated heterocycles. The second kappa shape index (κ2) is 6.66. The van der Waals surface area contributed by atoms with Gasteiger partial charge in [-0.05, 0) is 32.0 Å². The third-order valence-electron chi connectivity index (χ3n) is 3.07. The molecule has 0 fully saturated rings. The quantitative estimate of drug-likeness (QED) is 0.787. The Morgan fingerprint density at radius 1 is 1.30 bits per heavy atom. The van der Waals surface area contributed by atoms with Crippen LogP contribution in [0.3, 0.4) is 0 Å². The van der Waals surface area contributed by atoms with E-state index in [0.29, 0.717) is 24.5 Å². The van der Waals surface area contributed by atoms with Gasteiger partial charge >= 0.3 is 0 Å². The third kappa shape index (κ3) is 3.25. The summed E-state index contributed by atoms with van der Waals surface area (Å²) in [7, 11) is 0. The van der Waals surface area contributed by atoms with E-state index in [4.69, 9.17) is 11.6 Å².